The third-order valence-electron chi connectivity index (χ3n) is 3.88. The van der Waals surface area contributed by atoms with Crippen LogP contribution in [0.2, 0.25) is 0 Å². The highest BCUT2D eigenvalue weighted by atomic mass is 19.1. The summed E-state index contributed by atoms with van der Waals surface area (Å²) in [5.41, 5.74) is -0.0947. The molecule has 0 spiro atoms. The van der Waals surface area contributed by atoms with E-state index < -0.39 is 17.4 Å². The smallest absolute Gasteiger partial charge is 0.325 e. The van der Waals surface area contributed by atoms with Crippen molar-refractivity contribution in [3.8, 4) is 0 Å². The summed E-state index contributed by atoms with van der Waals surface area (Å²) in [7, 11) is 0. The van der Waals surface area contributed by atoms with Crippen molar-refractivity contribution in [2.45, 2.75) is 20.0 Å². The summed E-state index contributed by atoms with van der Waals surface area (Å²) in [6.07, 6.45) is 0. The molecule has 0 aliphatic heterocycles. The lowest BCUT2D eigenvalue weighted by molar-refractivity contribution is -0.116. The molecule has 0 aliphatic rings. The Labute approximate surface area is 142 Å². The molecule has 3 aromatic rings. The molecular formula is C18H16FN3O3. The SMILES string of the molecule is CCn1c(=O)c2ccccc2n(CC(=O)Nc2ccc(F)cc2)c1=O. The zero-order valence-electron chi connectivity index (χ0n) is 13.5. The van der Waals surface area contributed by atoms with Crippen molar-refractivity contribution in [2.24, 2.45) is 0 Å². The largest absolute Gasteiger partial charge is 0.331 e. The van der Waals surface area contributed by atoms with Gasteiger partial charge in [0, 0.05) is 12.2 Å². The second kappa shape index (κ2) is 6.72. The van der Waals surface area contributed by atoms with E-state index in [1.54, 1.807) is 31.2 Å². The first-order chi connectivity index (χ1) is 12.0. The molecular weight excluding hydrogens is 325 g/mol. The number of nitrogens with zero attached hydrogens (tertiary/aromatic N) is 2. The average Bonchev–Trinajstić information content (AvgIpc) is 2.61. The number of hydrogen-bond acceptors (Lipinski definition) is 3. The first-order valence-corrected chi connectivity index (χ1v) is 7.79. The highest BCUT2D eigenvalue weighted by Crippen LogP contribution is 2.10. The van der Waals surface area contributed by atoms with Crippen molar-refractivity contribution in [1.29, 1.82) is 0 Å². The Morgan fingerprint density at radius 3 is 2.40 bits per heavy atom. The number of nitrogens with one attached hydrogen (secondary N) is 1. The van der Waals surface area contributed by atoms with Crippen LogP contribution in [0.15, 0.2) is 58.1 Å². The zero-order chi connectivity index (χ0) is 18.0. The molecule has 0 atom stereocenters. The minimum Gasteiger partial charge on any atom is -0.325 e. The van der Waals surface area contributed by atoms with E-state index in [-0.39, 0.29) is 18.6 Å². The van der Waals surface area contributed by atoms with Crippen molar-refractivity contribution >= 4 is 22.5 Å². The number of benzene rings is 2. The van der Waals surface area contributed by atoms with Gasteiger partial charge < -0.3 is 5.32 Å². The first kappa shape index (κ1) is 16.6. The minimum atomic E-state index is -0.541. The number of rotatable bonds is 4. The summed E-state index contributed by atoms with van der Waals surface area (Å²) in [4.78, 5) is 37.2. The fraction of sp³-hybridized carbons (Fsp3) is 0.167. The number of carbonyl (C=O) groups excluding carboxylic acids is 1. The van der Waals surface area contributed by atoms with Gasteiger partial charge in [0.1, 0.15) is 12.4 Å². The molecule has 0 aliphatic carbocycles. The molecule has 6 nitrogen and oxygen atoms in total. The monoisotopic (exact) mass is 341 g/mol. The lowest BCUT2D eigenvalue weighted by Gasteiger charge is -2.13. The van der Waals surface area contributed by atoms with Crippen molar-refractivity contribution in [3.05, 3.63) is 75.2 Å². The maximum atomic E-state index is 12.9. The molecule has 1 N–H and O–H groups in total. The van der Waals surface area contributed by atoms with Crippen LogP contribution >= 0.6 is 0 Å². The van der Waals surface area contributed by atoms with Gasteiger partial charge in [-0.2, -0.15) is 0 Å². The van der Waals surface area contributed by atoms with Gasteiger partial charge in [0.25, 0.3) is 5.56 Å². The van der Waals surface area contributed by atoms with Gasteiger partial charge in [-0.05, 0) is 43.3 Å². The lowest BCUT2D eigenvalue weighted by Crippen LogP contribution is -2.41. The topological polar surface area (TPSA) is 73.1 Å². The van der Waals surface area contributed by atoms with Gasteiger partial charge >= 0.3 is 5.69 Å². The minimum absolute atomic E-state index is 0.210. The van der Waals surface area contributed by atoms with Crippen LogP contribution in [0.3, 0.4) is 0 Å². The molecule has 0 unspecified atom stereocenters. The Bertz CT molecular complexity index is 1050. The van der Waals surface area contributed by atoms with E-state index in [0.717, 1.165) is 4.57 Å². The van der Waals surface area contributed by atoms with Crippen molar-refractivity contribution in [2.75, 3.05) is 5.32 Å². The third kappa shape index (κ3) is 3.21. The highest BCUT2D eigenvalue weighted by molar-refractivity contribution is 5.91. The van der Waals surface area contributed by atoms with E-state index >= 15 is 0 Å². The second-order valence-corrected chi connectivity index (χ2v) is 5.49. The first-order valence-electron chi connectivity index (χ1n) is 7.79. The van der Waals surface area contributed by atoms with E-state index in [4.69, 9.17) is 0 Å². The van der Waals surface area contributed by atoms with Crippen molar-refractivity contribution < 1.29 is 9.18 Å². The Morgan fingerprint density at radius 2 is 1.72 bits per heavy atom. The average molecular weight is 341 g/mol. The Balaban J connectivity index is 2.00. The number of aromatic nitrogens is 2. The fourth-order valence-electron chi connectivity index (χ4n) is 2.68. The Hall–Kier alpha value is -3.22. The number of fused-ring (bicyclic) bond motifs is 1. The molecule has 1 heterocycles. The van der Waals surface area contributed by atoms with Gasteiger partial charge in [0.05, 0.1) is 10.9 Å². The van der Waals surface area contributed by atoms with Crippen molar-refractivity contribution in [1.82, 2.24) is 9.13 Å². The molecule has 2 aromatic carbocycles. The third-order valence-corrected chi connectivity index (χ3v) is 3.88. The maximum Gasteiger partial charge on any atom is 0.331 e. The van der Waals surface area contributed by atoms with Gasteiger partial charge in [-0.25, -0.2) is 9.18 Å². The molecule has 7 heteroatoms. The lowest BCUT2D eigenvalue weighted by atomic mass is 10.2. The number of carbonyl (C=O) groups is 1. The normalized spacial score (nSPS) is 10.8. The molecule has 128 valence electrons. The second-order valence-electron chi connectivity index (χ2n) is 5.49. The van der Waals surface area contributed by atoms with Crippen LogP contribution in [0.1, 0.15) is 6.92 Å². The zero-order valence-corrected chi connectivity index (χ0v) is 13.5. The summed E-state index contributed by atoms with van der Waals surface area (Å²) in [5, 5.41) is 2.98. The number of halogens is 1. The summed E-state index contributed by atoms with van der Waals surface area (Å²) in [5.74, 6) is -0.851. The molecule has 0 saturated heterocycles. The van der Waals surface area contributed by atoms with Crippen LogP contribution in [0.25, 0.3) is 10.9 Å². The number of hydrogen-bond donors (Lipinski definition) is 1. The molecule has 1 aromatic heterocycles. The number of amides is 1. The Morgan fingerprint density at radius 1 is 1.04 bits per heavy atom. The van der Waals surface area contributed by atoms with Crippen LogP contribution in [0.4, 0.5) is 10.1 Å². The quantitative estimate of drug-likeness (QED) is 0.788. The van der Waals surface area contributed by atoms with Gasteiger partial charge in [-0.3, -0.25) is 18.7 Å². The van der Waals surface area contributed by atoms with E-state index in [1.807, 2.05) is 0 Å². The predicted octanol–water partition coefficient (Wildman–Crippen LogP) is 1.96. The van der Waals surface area contributed by atoms with Gasteiger partial charge in [0.15, 0.2) is 0 Å². The van der Waals surface area contributed by atoms with Crippen LogP contribution in [-0.2, 0) is 17.9 Å². The van der Waals surface area contributed by atoms with Gasteiger partial charge in [0.2, 0.25) is 5.91 Å². The van der Waals surface area contributed by atoms with E-state index in [1.165, 1.54) is 28.8 Å². The summed E-state index contributed by atoms with van der Waals surface area (Å²) < 4.78 is 15.3. The predicted molar refractivity (Wildman–Crippen MR) is 93.2 cm³/mol. The van der Waals surface area contributed by atoms with Gasteiger partial charge in [-0.15, -0.1) is 0 Å². The fourth-order valence-corrected chi connectivity index (χ4v) is 2.68. The van der Waals surface area contributed by atoms with Crippen LogP contribution < -0.4 is 16.6 Å². The molecule has 0 radical (unpaired) electrons. The number of anilines is 1. The molecule has 25 heavy (non-hydrogen) atoms. The van der Waals surface area contributed by atoms with Crippen LogP contribution in [-0.4, -0.2) is 15.0 Å². The van der Waals surface area contributed by atoms with Gasteiger partial charge in [-0.1, -0.05) is 12.1 Å². The molecule has 0 bridgehead atoms. The van der Waals surface area contributed by atoms with E-state index in [0.29, 0.717) is 16.6 Å². The summed E-state index contributed by atoms with van der Waals surface area (Å²) >= 11 is 0. The molecule has 0 fully saturated rings. The number of para-hydroxylation sites is 1. The molecule has 3 rings (SSSR count). The maximum absolute atomic E-state index is 12.9. The van der Waals surface area contributed by atoms with Crippen LogP contribution in [0.5, 0.6) is 0 Å². The molecule has 0 saturated carbocycles. The highest BCUT2D eigenvalue weighted by Gasteiger charge is 2.14. The summed E-state index contributed by atoms with van der Waals surface area (Å²) in [6.45, 7) is 1.65. The van der Waals surface area contributed by atoms with E-state index in [9.17, 15) is 18.8 Å². The van der Waals surface area contributed by atoms with Crippen molar-refractivity contribution in [3.63, 3.8) is 0 Å². The Kier molecular flexibility index (Phi) is 4.47. The van der Waals surface area contributed by atoms with E-state index in [2.05, 4.69) is 5.32 Å². The molecule has 1 amide bonds. The summed E-state index contributed by atoms with van der Waals surface area (Å²) in [6, 6.07) is 12.0. The standard InChI is InChI=1S/C18H16FN3O3/c1-2-21-17(24)14-5-3-4-6-15(14)22(18(21)25)11-16(23)20-13-9-7-12(19)8-10-13/h3-10H,2,11H2,1H3,(H,20,23). The van der Waals surface area contributed by atoms with Crippen LogP contribution in [0, 0.1) is 5.82 Å².